The molecule has 0 spiro atoms. The molecule has 0 aliphatic carbocycles. The van der Waals surface area contributed by atoms with Crippen molar-refractivity contribution in [1.82, 2.24) is 0 Å². The largest absolute Gasteiger partial charge is 0.484 e. The molecule has 0 aliphatic rings. The average Bonchev–Trinajstić information content (AvgIpc) is 2.44. The molecule has 3 nitrogen and oxygen atoms in total. The third kappa shape index (κ3) is 4.10. The van der Waals surface area contributed by atoms with Gasteiger partial charge in [0.25, 0.3) is 5.91 Å². The number of anilines is 1. The van der Waals surface area contributed by atoms with Gasteiger partial charge in [0.1, 0.15) is 5.75 Å². The normalized spacial score (nSPS) is 10.4. The molecular formula is C18H20BrNO2. The van der Waals surface area contributed by atoms with Gasteiger partial charge in [0.2, 0.25) is 0 Å². The van der Waals surface area contributed by atoms with E-state index >= 15 is 0 Å². The van der Waals surface area contributed by atoms with Gasteiger partial charge < -0.3 is 10.1 Å². The number of aryl methyl sites for hydroxylation is 4. The van der Waals surface area contributed by atoms with Crippen molar-refractivity contribution in [2.24, 2.45) is 0 Å². The van der Waals surface area contributed by atoms with E-state index in [1.54, 1.807) is 0 Å². The number of halogens is 1. The number of nitrogens with one attached hydrogen (secondary N) is 1. The van der Waals surface area contributed by atoms with Crippen molar-refractivity contribution in [3.63, 3.8) is 0 Å². The maximum atomic E-state index is 12.1. The highest BCUT2D eigenvalue weighted by Gasteiger charge is 2.09. The molecule has 4 heteroatoms. The van der Waals surface area contributed by atoms with Crippen LogP contribution < -0.4 is 10.1 Å². The van der Waals surface area contributed by atoms with E-state index in [-0.39, 0.29) is 12.5 Å². The molecule has 1 amide bonds. The van der Waals surface area contributed by atoms with Gasteiger partial charge in [-0.1, -0.05) is 22.0 Å². The minimum atomic E-state index is -0.160. The number of rotatable bonds is 4. The molecule has 0 fully saturated rings. The highest BCUT2D eigenvalue weighted by molar-refractivity contribution is 9.10. The first-order valence-electron chi connectivity index (χ1n) is 7.13. The zero-order valence-corrected chi connectivity index (χ0v) is 14.9. The Bertz CT molecular complexity index is 687. The summed E-state index contributed by atoms with van der Waals surface area (Å²) in [6, 6.07) is 9.77. The van der Waals surface area contributed by atoms with Crippen molar-refractivity contribution in [3.05, 3.63) is 57.1 Å². The second kappa shape index (κ2) is 6.97. The van der Waals surface area contributed by atoms with E-state index in [9.17, 15) is 4.79 Å². The molecule has 0 unspecified atom stereocenters. The van der Waals surface area contributed by atoms with Crippen molar-refractivity contribution in [2.75, 3.05) is 11.9 Å². The number of hydrogen-bond donors (Lipinski definition) is 1. The monoisotopic (exact) mass is 361 g/mol. The molecule has 0 atom stereocenters. The van der Waals surface area contributed by atoms with Gasteiger partial charge in [-0.2, -0.15) is 0 Å². The second-order valence-electron chi connectivity index (χ2n) is 5.50. The maximum Gasteiger partial charge on any atom is 0.262 e. The summed E-state index contributed by atoms with van der Waals surface area (Å²) in [6.45, 7) is 8.01. The molecule has 0 saturated heterocycles. The number of hydrogen-bond acceptors (Lipinski definition) is 2. The molecule has 0 aliphatic heterocycles. The minimum Gasteiger partial charge on any atom is -0.484 e. The lowest BCUT2D eigenvalue weighted by Gasteiger charge is -2.13. The molecule has 22 heavy (non-hydrogen) atoms. The van der Waals surface area contributed by atoms with Crippen LogP contribution in [-0.4, -0.2) is 12.5 Å². The number of carbonyl (C=O) groups excluding carboxylic acids is 1. The van der Waals surface area contributed by atoms with Crippen LogP contribution in [0.25, 0.3) is 0 Å². The van der Waals surface area contributed by atoms with Gasteiger partial charge in [-0.3, -0.25) is 4.79 Å². The predicted molar refractivity (Wildman–Crippen MR) is 93.7 cm³/mol. The first-order valence-corrected chi connectivity index (χ1v) is 7.93. The van der Waals surface area contributed by atoms with E-state index in [0.29, 0.717) is 5.75 Å². The van der Waals surface area contributed by atoms with Crippen LogP contribution in [0.2, 0.25) is 0 Å². The lowest BCUT2D eigenvalue weighted by molar-refractivity contribution is -0.118. The lowest BCUT2D eigenvalue weighted by atomic mass is 10.1. The summed E-state index contributed by atoms with van der Waals surface area (Å²) in [5.74, 6) is 0.550. The van der Waals surface area contributed by atoms with Crippen molar-refractivity contribution in [2.45, 2.75) is 27.7 Å². The Labute approximate surface area is 139 Å². The first kappa shape index (κ1) is 16.6. The number of ether oxygens (including phenoxy) is 1. The summed E-state index contributed by atoms with van der Waals surface area (Å²) in [6.07, 6.45) is 0. The second-order valence-corrected chi connectivity index (χ2v) is 6.41. The summed E-state index contributed by atoms with van der Waals surface area (Å²) in [5, 5.41) is 2.92. The third-order valence-corrected chi connectivity index (χ3v) is 4.07. The fraction of sp³-hybridized carbons (Fsp3) is 0.278. The average molecular weight is 362 g/mol. The highest BCUT2D eigenvalue weighted by Crippen LogP contribution is 2.25. The quantitative estimate of drug-likeness (QED) is 0.856. The van der Waals surface area contributed by atoms with Crippen LogP contribution in [0.5, 0.6) is 5.75 Å². The maximum absolute atomic E-state index is 12.1. The van der Waals surface area contributed by atoms with Crippen molar-refractivity contribution in [1.29, 1.82) is 0 Å². The molecule has 0 aromatic heterocycles. The molecule has 2 rings (SSSR count). The van der Waals surface area contributed by atoms with E-state index in [4.69, 9.17) is 4.74 Å². The number of amides is 1. The predicted octanol–water partition coefficient (Wildman–Crippen LogP) is 4.70. The molecule has 2 aromatic carbocycles. The molecular weight excluding hydrogens is 342 g/mol. The Balaban J connectivity index is 2.00. The van der Waals surface area contributed by atoms with Crippen LogP contribution >= 0.6 is 15.9 Å². The van der Waals surface area contributed by atoms with Crippen LogP contribution in [0, 0.1) is 27.7 Å². The van der Waals surface area contributed by atoms with E-state index in [1.807, 2.05) is 58.0 Å². The highest BCUT2D eigenvalue weighted by atomic mass is 79.9. The molecule has 0 heterocycles. The smallest absolute Gasteiger partial charge is 0.262 e. The SMILES string of the molecule is Cc1ccc(OCC(=O)Nc2c(C)cc(Br)cc2C)cc1C. The fourth-order valence-electron chi connectivity index (χ4n) is 2.24. The Morgan fingerprint density at radius 2 is 1.64 bits per heavy atom. The van der Waals surface area contributed by atoms with Crippen LogP contribution in [0.3, 0.4) is 0 Å². The summed E-state index contributed by atoms with van der Waals surface area (Å²) in [5.41, 5.74) is 5.24. The van der Waals surface area contributed by atoms with Gasteiger partial charge in [0, 0.05) is 10.2 Å². The van der Waals surface area contributed by atoms with Crippen molar-refractivity contribution >= 4 is 27.5 Å². The van der Waals surface area contributed by atoms with Gasteiger partial charge in [-0.05, 0) is 74.2 Å². The molecule has 116 valence electrons. The topological polar surface area (TPSA) is 38.3 Å². The van der Waals surface area contributed by atoms with Crippen LogP contribution in [0.15, 0.2) is 34.8 Å². The lowest BCUT2D eigenvalue weighted by Crippen LogP contribution is -2.21. The summed E-state index contributed by atoms with van der Waals surface area (Å²) in [7, 11) is 0. The van der Waals surface area contributed by atoms with Crippen LogP contribution in [0.1, 0.15) is 22.3 Å². The summed E-state index contributed by atoms with van der Waals surface area (Å²) in [4.78, 5) is 12.1. The molecule has 0 saturated carbocycles. The van der Waals surface area contributed by atoms with Crippen LogP contribution in [0.4, 0.5) is 5.69 Å². The summed E-state index contributed by atoms with van der Waals surface area (Å²) >= 11 is 3.45. The number of carbonyl (C=O) groups is 1. The Hall–Kier alpha value is -1.81. The Morgan fingerprint density at radius 1 is 1.00 bits per heavy atom. The standard InChI is InChI=1S/C18H20BrNO2/c1-11-5-6-16(9-12(11)2)22-10-17(21)20-18-13(3)7-15(19)8-14(18)4/h5-9H,10H2,1-4H3,(H,20,21). The van der Waals surface area contributed by atoms with Crippen molar-refractivity contribution in [3.8, 4) is 5.75 Å². The molecule has 0 radical (unpaired) electrons. The van der Waals surface area contributed by atoms with Crippen molar-refractivity contribution < 1.29 is 9.53 Å². The zero-order valence-electron chi connectivity index (χ0n) is 13.3. The first-order chi connectivity index (χ1) is 10.4. The van der Waals surface area contributed by atoms with Gasteiger partial charge in [-0.15, -0.1) is 0 Å². The van der Waals surface area contributed by atoms with Gasteiger partial charge in [0.15, 0.2) is 6.61 Å². The van der Waals surface area contributed by atoms with E-state index in [1.165, 1.54) is 5.56 Å². The van der Waals surface area contributed by atoms with Gasteiger partial charge in [-0.25, -0.2) is 0 Å². The minimum absolute atomic E-state index is 0.00253. The van der Waals surface area contributed by atoms with E-state index < -0.39 is 0 Å². The van der Waals surface area contributed by atoms with Gasteiger partial charge >= 0.3 is 0 Å². The molecule has 2 aromatic rings. The molecule has 0 bridgehead atoms. The molecule has 1 N–H and O–H groups in total. The zero-order chi connectivity index (χ0) is 16.3. The third-order valence-electron chi connectivity index (χ3n) is 3.61. The number of benzene rings is 2. The Morgan fingerprint density at radius 3 is 2.23 bits per heavy atom. The van der Waals surface area contributed by atoms with E-state index in [0.717, 1.165) is 26.9 Å². The fourth-order valence-corrected chi connectivity index (χ4v) is 2.92. The van der Waals surface area contributed by atoms with Gasteiger partial charge in [0.05, 0.1) is 0 Å². The summed E-state index contributed by atoms with van der Waals surface area (Å²) < 4.78 is 6.56. The van der Waals surface area contributed by atoms with E-state index in [2.05, 4.69) is 21.2 Å². The van der Waals surface area contributed by atoms with Crippen LogP contribution in [-0.2, 0) is 4.79 Å². The Kier molecular flexibility index (Phi) is 5.24.